The number of hydrogen-bond acceptors (Lipinski definition) is 6. The van der Waals surface area contributed by atoms with E-state index in [2.05, 4.69) is 12.2 Å². The van der Waals surface area contributed by atoms with Crippen LogP contribution in [-0.2, 0) is 28.9 Å². The lowest BCUT2D eigenvalue weighted by atomic mass is 9.95. The number of nitrogens with one attached hydrogen (secondary N) is 1. The average molecular weight is 451 g/mol. The van der Waals surface area contributed by atoms with Crippen molar-refractivity contribution < 1.29 is 24.5 Å². The normalized spacial score (nSPS) is 15.1. The van der Waals surface area contributed by atoms with Gasteiger partial charge in [-0.15, -0.1) is 0 Å². The molecule has 0 aromatic carbocycles. The van der Waals surface area contributed by atoms with Crippen molar-refractivity contribution in [3.05, 3.63) is 33.2 Å². The molecule has 1 heterocycles. The first kappa shape index (κ1) is 26.1. The van der Waals surface area contributed by atoms with Crippen molar-refractivity contribution in [3.8, 4) is 0 Å². The van der Waals surface area contributed by atoms with Gasteiger partial charge in [-0.2, -0.15) is 0 Å². The number of aromatic nitrogens is 1. The number of pyridine rings is 1. The van der Waals surface area contributed by atoms with Crippen molar-refractivity contribution in [2.75, 3.05) is 13.2 Å². The lowest BCUT2D eigenvalue weighted by molar-refractivity contribution is -0.156. The summed E-state index contributed by atoms with van der Waals surface area (Å²) in [5.41, 5.74) is 1.79. The zero-order valence-electron chi connectivity index (χ0n) is 19.6. The molecule has 0 saturated heterocycles. The molecular formula is C24H38N2O6. The van der Waals surface area contributed by atoms with Crippen LogP contribution in [0.15, 0.2) is 10.9 Å². The zero-order chi connectivity index (χ0) is 23.7. The van der Waals surface area contributed by atoms with E-state index < -0.39 is 37.2 Å². The van der Waals surface area contributed by atoms with Crippen LogP contribution in [-0.4, -0.2) is 52.0 Å². The van der Waals surface area contributed by atoms with Crippen molar-refractivity contribution in [1.29, 1.82) is 0 Å². The molecule has 2 rings (SSSR count). The molecule has 0 radical (unpaired) electrons. The van der Waals surface area contributed by atoms with Crippen molar-refractivity contribution in [1.82, 2.24) is 9.88 Å². The van der Waals surface area contributed by atoms with E-state index in [1.165, 1.54) is 0 Å². The van der Waals surface area contributed by atoms with Gasteiger partial charge in [-0.25, -0.2) is 4.79 Å². The second kappa shape index (κ2) is 12.7. The number of aliphatic hydroxyl groups is 2. The number of nitrogens with zero attached hydrogens (tertiary/aromatic N) is 1. The number of hydrogen-bond donors (Lipinski definition) is 3. The molecule has 1 aromatic heterocycles. The van der Waals surface area contributed by atoms with E-state index in [1.807, 2.05) is 0 Å². The first-order chi connectivity index (χ1) is 15.3. The molecule has 1 atom stereocenters. The zero-order valence-corrected chi connectivity index (χ0v) is 19.6. The summed E-state index contributed by atoms with van der Waals surface area (Å²) in [7, 11) is 0. The number of ether oxygens (including phenoxy) is 1. The highest BCUT2D eigenvalue weighted by Gasteiger charge is 2.30. The Balaban J connectivity index is 2.37. The topological polar surface area (TPSA) is 118 Å². The van der Waals surface area contributed by atoms with Gasteiger partial charge in [-0.3, -0.25) is 9.59 Å². The van der Waals surface area contributed by atoms with Gasteiger partial charge in [0, 0.05) is 12.2 Å². The third-order valence-electron chi connectivity index (χ3n) is 5.98. The van der Waals surface area contributed by atoms with Gasteiger partial charge in [0.2, 0.25) is 0 Å². The second-order valence-electron chi connectivity index (χ2n) is 8.87. The van der Waals surface area contributed by atoms with Gasteiger partial charge >= 0.3 is 5.97 Å². The van der Waals surface area contributed by atoms with Crippen LogP contribution in [0.5, 0.6) is 0 Å². The standard InChI is InChI=1S/C24H38N2O6/c1-4-5-12-26-20-11-9-7-6-8-10-17(20)13-19(23(26)30)22(29)25-21(16(2)3)24(31)32-18(14-27)15-28/h13,16,18,21,27-28H,4-12,14-15H2,1-3H3,(H,25,29). The SMILES string of the molecule is CCCCn1c2c(cc(C(=O)NC(C(=O)OC(CO)CO)C(C)C)c1=O)CCCCCC2. The molecule has 180 valence electrons. The van der Waals surface area contributed by atoms with Gasteiger partial charge in [0.25, 0.3) is 11.5 Å². The highest BCUT2D eigenvalue weighted by Crippen LogP contribution is 2.21. The third-order valence-corrected chi connectivity index (χ3v) is 5.98. The van der Waals surface area contributed by atoms with Crippen LogP contribution in [0.25, 0.3) is 0 Å². The fourth-order valence-electron chi connectivity index (χ4n) is 4.04. The molecule has 1 aromatic rings. The van der Waals surface area contributed by atoms with Crippen LogP contribution in [0.1, 0.15) is 80.9 Å². The minimum Gasteiger partial charge on any atom is -0.456 e. The van der Waals surface area contributed by atoms with Crippen LogP contribution in [0.2, 0.25) is 0 Å². The minimum absolute atomic E-state index is 0.0414. The van der Waals surface area contributed by atoms with Gasteiger partial charge in [-0.1, -0.05) is 40.0 Å². The molecule has 3 N–H and O–H groups in total. The molecule has 1 aliphatic carbocycles. The van der Waals surface area contributed by atoms with E-state index in [0.717, 1.165) is 62.6 Å². The third kappa shape index (κ3) is 6.65. The summed E-state index contributed by atoms with van der Waals surface area (Å²) in [6.07, 6.45) is 6.72. The maximum absolute atomic E-state index is 13.3. The Labute approximate surface area is 190 Å². The van der Waals surface area contributed by atoms with Crippen molar-refractivity contribution in [3.63, 3.8) is 0 Å². The van der Waals surface area contributed by atoms with Gasteiger partial charge in [-0.05, 0) is 49.7 Å². The highest BCUT2D eigenvalue weighted by atomic mass is 16.6. The fourth-order valence-corrected chi connectivity index (χ4v) is 4.04. The minimum atomic E-state index is -1.05. The van der Waals surface area contributed by atoms with E-state index in [1.54, 1.807) is 24.5 Å². The number of aliphatic hydroxyl groups excluding tert-OH is 2. The van der Waals surface area contributed by atoms with E-state index >= 15 is 0 Å². The van der Waals surface area contributed by atoms with Crippen LogP contribution in [0.3, 0.4) is 0 Å². The highest BCUT2D eigenvalue weighted by molar-refractivity contribution is 5.96. The van der Waals surface area contributed by atoms with Crippen molar-refractivity contribution >= 4 is 11.9 Å². The van der Waals surface area contributed by atoms with E-state index in [9.17, 15) is 24.6 Å². The molecule has 0 bridgehead atoms. The number of fused-ring (bicyclic) bond motifs is 1. The molecule has 0 fully saturated rings. The molecule has 32 heavy (non-hydrogen) atoms. The number of unbranched alkanes of at least 4 members (excludes halogenated alkanes) is 1. The summed E-state index contributed by atoms with van der Waals surface area (Å²) >= 11 is 0. The molecule has 1 aliphatic rings. The lowest BCUT2D eigenvalue weighted by Gasteiger charge is -2.24. The Morgan fingerprint density at radius 2 is 1.78 bits per heavy atom. The summed E-state index contributed by atoms with van der Waals surface area (Å²) < 4.78 is 6.86. The van der Waals surface area contributed by atoms with Crippen LogP contribution in [0.4, 0.5) is 0 Å². The van der Waals surface area contributed by atoms with Gasteiger partial charge in [0.05, 0.1) is 13.2 Å². The van der Waals surface area contributed by atoms with Crippen LogP contribution in [0, 0.1) is 5.92 Å². The van der Waals surface area contributed by atoms with Crippen LogP contribution >= 0.6 is 0 Å². The Morgan fingerprint density at radius 3 is 2.38 bits per heavy atom. The number of amides is 1. The Morgan fingerprint density at radius 1 is 1.12 bits per heavy atom. The summed E-state index contributed by atoms with van der Waals surface area (Å²) in [5.74, 6) is -1.67. The van der Waals surface area contributed by atoms with Crippen LogP contribution < -0.4 is 10.9 Å². The predicted molar refractivity (Wildman–Crippen MR) is 122 cm³/mol. The maximum atomic E-state index is 13.3. The van der Waals surface area contributed by atoms with Gasteiger partial charge < -0.3 is 24.8 Å². The molecule has 8 heteroatoms. The summed E-state index contributed by atoms with van der Waals surface area (Å²) in [6, 6.07) is 0.696. The van der Waals surface area contributed by atoms with Crippen molar-refractivity contribution in [2.45, 2.75) is 90.8 Å². The Kier molecular flexibility index (Phi) is 10.4. The van der Waals surface area contributed by atoms with Crippen molar-refractivity contribution in [2.24, 2.45) is 5.92 Å². The second-order valence-corrected chi connectivity index (χ2v) is 8.87. The van der Waals surface area contributed by atoms with E-state index in [4.69, 9.17) is 4.74 Å². The molecule has 0 aliphatic heterocycles. The first-order valence-electron chi connectivity index (χ1n) is 11.8. The quantitative estimate of drug-likeness (QED) is 0.469. The number of esters is 1. The molecule has 0 saturated carbocycles. The van der Waals surface area contributed by atoms with E-state index in [-0.39, 0.29) is 17.0 Å². The smallest absolute Gasteiger partial charge is 0.329 e. The molecule has 1 amide bonds. The maximum Gasteiger partial charge on any atom is 0.329 e. The summed E-state index contributed by atoms with van der Waals surface area (Å²) in [6.45, 7) is 5.10. The lowest BCUT2D eigenvalue weighted by Crippen LogP contribution is -2.48. The fraction of sp³-hybridized carbons (Fsp3) is 0.708. The molecule has 1 unspecified atom stereocenters. The Bertz CT molecular complexity index is 829. The number of aryl methyl sites for hydroxylation is 1. The monoisotopic (exact) mass is 450 g/mol. The molecular weight excluding hydrogens is 412 g/mol. The number of carbonyl (C=O) groups excluding carboxylic acids is 2. The summed E-state index contributed by atoms with van der Waals surface area (Å²) in [5, 5.41) is 21.0. The average Bonchev–Trinajstić information content (AvgIpc) is 2.75. The summed E-state index contributed by atoms with van der Waals surface area (Å²) in [4.78, 5) is 39.0. The number of rotatable bonds is 10. The Hall–Kier alpha value is -2.19. The first-order valence-corrected chi connectivity index (χ1v) is 11.8. The van der Waals surface area contributed by atoms with Gasteiger partial charge in [0.1, 0.15) is 17.7 Å². The predicted octanol–water partition coefficient (Wildman–Crippen LogP) is 1.96. The van der Waals surface area contributed by atoms with E-state index in [0.29, 0.717) is 6.54 Å². The molecule has 0 spiro atoms. The number of carbonyl (C=O) groups is 2. The largest absolute Gasteiger partial charge is 0.456 e. The molecule has 8 nitrogen and oxygen atoms in total. The van der Waals surface area contributed by atoms with Gasteiger partial charge in [0.15, 0.2) is 0 Å².